The highest BCUT2D eigenvalue weighted by Crippen LogP contribution is 2.25. The molecule has 0 aromatic heterocycles. The van der Waals surface area contributed by atoms with Crippen molar-refractivity contribution in [2.75, 3.05) is 25.1 Å². The average Bonchev–Trinajstić information content (AvgIpc) is 2.78. The smallest absolute Gasteiger partial charge is 0.261 e. The Kier molecular flexibility index (Phi) is 7.61. The van der Waals surface area contributed by atoms with Gasteiger partial charge in [0.15, 0.2) is 6.10 Å². The number of carbonyl (C=O) groups excluding carboxylic acids is 1. The van der Waals surface area contributed by atoms with E-state index in [-0.39, 0.29) is 11.9 Å². The lowest BCUT2D eigenvalue weighted by Crippen LogP contribution is -2.39. The molecule has 1 aliphatic heterocycles. The van der Waals surface area contributed by atoms with E-state index in [0.29, 0.717) is 17.9 Å². The second-order valence-electron chi connectivity index (χ2n) is 8.19. The standard InChI is InChI=1S/C25H34N2O3/c1-5-24(30-23-8-6-7-22(17-23)29-4)25(28)26-19(3)20-9-11-21(12-10-20)27-15-13-18(2)14-16-27/h6-12,17-19,24H,5,13-16H2,1-4H3,(H,26,28)/t19-,24+/m1/s1. The van der Waals surface area contributed by atoms with Crippen LogP contribution in [0.25, 0.3) is 0 Å². The average molecular weight is 411 g/mol. The maximum atomic E-state index is 12.8. The van der Waals surface area contributed by atoms with Gasteiger partial charge in [0, 0.05) is 24.8 Å². The number of benzene rings is 2. The third-order valence-corrected chi connectivity index (χ3v) is 5.88. The lowest BCUT2D eigenvalue weighted by atomic mass is 9.98. The van der Waals surface area contributed by atoms with E-state index in [1.807, 2.05) is 32.0 Å². The summed E-state index contributed by atoms with van der Waals surface area (Å²) in [7, 11) is 1.61. The predicted octanol–water partition coefficient (Wildman–Crippen LogP) is 4.97. The van der Waals surface area contributed by atoms with Crippen LogP contribution in [0.15, 0.2) is 48.5 Å². The first kappa shape index (κ1) is 22.0. The van der Waals surface area contributed by atoms with E-state index < -0.39 is 6.10 Å². The molecule has 1 amide bonds. The highest BCUT2D eigenvalue weighted by molar-refractivity contribution is 5.81. The zero-order valence-corrected chi connectivity index (χ0v) is 18.6. The molecule has 0 spiro atoms. The van der Waals surface area contributed by atoms with Gasteiger partial charge in [0.2, 0.25) is 0 Å². The van der Waals surface area contributed by atoms with Crippen molar-refractivity contribution in [1.82, 2.24) is 5.32 Å². The Balaban J connectivity index is 1.58. The maximum absolute atomic E-state index is 12.8. The molecule has 2 aromatic carbocycles. The zero-order chi connectivity index (χ0) is 21.5. The van der Waals surface area contributed by atoms with Crippen LogP contribution >= 0.6 is 0 Å². The lowest BCUT2D eigenvalue weighted by molar-refractivity contribution is -0.128. The summed E-state index contributed by atoms with van der Waals surface area (Å²) in [5.41, 5.74) is 2.35. The molecule has 0 saturated carbocycles. The summed E-state index contributed by atoms with van der Waals surface area (Å²) in [4.78, 5) is 15.2. The first-order valence-corrected chi connectivity index (χ1v) is 11.0. The molecule has 5 nitrogen and oxygen atoms in total. The minimum atomic E-state index is -0.547. The van der Waals surface area contributed by atoms with Crippen molar-refractivity contribution >= 4 is 11.6 Å². The molecule has 30 heavy (non-hydrogen) atoms. The fraction of sp³-hybridized carbons (Fsp3) is 0.480. The third-order valence-electron chi connectivity index (χ3n) is 5.88. The number of amides is 1. The van der Waals surface area contributed by atoms with Crippen molar-refractivity contribution in [2.24, 2.45) is 5.92 Å². The topological polar surface area (TPSA) is 50.8 Å². The monoisotopic (exact) mass is 410 g/mol. The quantitative estimate of drug-likeness (QED) is 0.668. The molecule has 3 rings (SSSR count). The molecule has 0 bridgehead atoms. The van der Waals surface area contributed by atoms with Crippen LogP contribution < -0.4 is 19.7 Å². The Bertz CT molecular complexity index is 813. The fourth-order valence-corrected chi connectivity index (χ4v) is 3.79. The molecule has 1 saturated heterocycles. The number of rotatable bonds is 8. The summed E-state index contributed by atoms with van der Waals surface area (Å²) < 4.78 is 11.1. The number of anilines is 1. The van der Waals surface area contributed by atoms with Crippen molar-refractivity contribution in [3.05, 3.63) is 54.1 Å². The number of carbonyl (C=O) groups is 1. The van der Waals surface area contributed by atoms with Crippen molar-refractivity contribution in [2.45, 2.75) is 52.2 Å². The Morgan fingerprint density at radius 3 is 2.43 bits per heavy atom. The van der Waals surface area contributed by atoms with E-state index in [2.05, 4.69) is 41.4 Å². The molecule has 2 atom stereocenters. The molecular weight excluding hydrogens is 376 g/mol. The Hall–Kier alpha value is -2.69. The van der Waals surface area contributed by atoms with Gasteiger partial charge in [-0.25, -0.2) is 0 Å². The van der Waals surface area contributed by atoms with Crippen LogP contribution in [0, 0.1) is 5.92 Å². The largest absolute Gasteiger partial charge is 0.497 e. The van der Waals surface area contributed by atoms with Gasteiger partial charge in [0.05, 0.1) is 13.2 Å². The first-order valence-electron chi connectivity index (χ1n) is 11.0. The summed E-state index contributed by atoms with van der Waals surface area (Å²) in [6, 6.07) is 15.8. The summed E-state index contributed by atoms with van der Waals surface area (Å²) in [6.07, 6.45) is 2.54. The van der Waals surface area contributed by atoms with E-state index in [1.54, 1.807) is 13.2 Å². The van der Waals surface area contributed by atoms with Crippen molar-refractivity contribution in [3.63, 3.8) is 0 Å². The summed E-state index contributed by atoms with van der Waals surface area (Å²) in [5, 5.41) is 3.09. The molecule has 0 aliphatic carbocycles. The van der Waals surface area contributed by atoms with Crippen molar-refractivity contribution in [1.29, 1.82) is 0 Å². The lowest BCUT2D eigenvalue weighted by Gasteiger charge is -2.32. The van der Waals surface area contributed by atoms with E-state index >= 15 is 0 Å². The van der Waals surface area contributed by atoms with Crippen LogP contribution in [0.5, 0.6) is 11.5 Å². The Morgan fingerprint density at radius 1 is 1.13 bits per heavy atom. The van der Waals surface area contributed by atoms with Crippen molar-refractivity contribution in [3.8, 4) is 11.5 Å². The van der Waals surface area contributed by atoms with E-state index in [9.17, 15) is 4.79 Å². The fourth-order valence-electron chi connectivity index (χ4n) is 3.79. The second-order valence-corrected chi connectivity index (χ2v) is 8.19. The number of methoxy groups -OCH3 is 1. The van der Waals surface area contributed by atoms with Gasteiger partial charge in [-0.1, -0.05) is 32.0 Å². The molecular formula is C25H34N2O3. The SMILES string of the molecule is CC[C@H](Oc1cccc(OC)c1)C(=O)N[C@H](C)c1ccc(N2CCC(C)CC2)cc1. The van der Waals surface area contributed by atoms with Crippen LogP contribution in [0.1, 0.15) is 51.6 Å². The molecule has 0 radical (unpaired) electrons. The van der Waals surface area contributed by atoms with Gasteiger partial charge in [-0.15, -0.1) is 0 Å². The third kappa shape index (κ3) is 5.68. The van der Waals surface area contributed by atoms with Gasteiger partial charge in [0.1, 0.15) is 11.5 Å². The van der Waals surface area contributed by atoms with Crippen LogP contribution in [-0.2, 0) is 4.79 Å². The highest BCUT2D eigenvalue weighted by Gasteiger charge is 2.21. The predicted molar refractivity (Wildman–Crippen MR) is 121 cm³/mol. The highest BCUT2D eigenvalue weighted by atomic mass is 16.5. The van der Waals surface area contributed by atoms with Gasteiger partial charge in [-0.3, -0.25) is 4.79 Å². The van der Waals surface area contributed by atoms with Crippen LogP contribution in [0.2, 0.25) is 0 Å². The van der Waals surface area contributed by atoms with Crippen LogP contribution in [-0.4, -0.2) is 32.2 Å². The molecule has 1 heterocycles. The first-order chi connectivity index (χ1) is 14.5. The van der Waals surface area contributed by atoms with Gasteiger partial charge < -0.3 is 19.7 Å². The second kappa shape index (κ2) is 10.4. The van der Waals surface area contributed by atoms with Gasteiger partial charge in [-0.05, 0) is 61.9 Å². The molecule has 162 valence electrons. The summed E-state index contributed by atoms with van der Waals surface area (Å²) >= 11 is 0. The number of ether oxygens (including phenoxy) is 2. The van der Waals surface area contributed by atoms with Crippen molar-refractivity contribution < 1.29 is 14.3 Å². The molecule has 0 unspecified atom stereocenters. The molecule has 5 heteroatoms. The van der Waals surface area contributed by atoms with Gasteiger partial charge >= 0.3 is 0 Å². The Morgan fingerprint density at radius 2 is 1.80 bits per heavy atom. The maximum Gasteiger partial charge on any atom is 0.261 e. The van der Waals surface area contributed by atoms with Gasteiger partial charge in [-0.2, -0.15) is 0 Å². The summed E-state index contributed by atoms with van der Waals surface area (Å²) in [5.74, 6) is 2.05. The zero-order valence-electron chi connectivity index (χ0n) is 18.6. The number of hydrogen-bond donors (Lipinski definition) is 1. The molecule has 1 fully saturated rings. The van der Waals surface area contributed by atoms with Gasteiger partial charge in [0.25, 0.3) is 5.91 Å². The number of nitrogens with zero attached hydrogens (tertiary/aromatic N) is 1. The van der Waals surface area contributed by atoms with E-state index in [4.69, 9.17) is 9.47 Å². The number of piperidine rings is 1. The van der Waals surface area contributed by atoms with E-state index in [0.717, 1.165) is 24.6 Å². The number of hydrogen-bond acceptors (Lipinski definition) is 4. The normalized spacial score (nSPS) is 16.6. The van der Waals surface area contributed by atoms with Crippen LogP contribution in [0.3, 0.4) is 0 Å². The van der Waals surface area contributed by atoms with E-state index in [1.165, 1.54) is 18.5 Å². The minimum Gasteiger partial charge on any atom is -0.497 e. The Labute approximate surface area is 180 Å². The number of nitrogens with one attached hydrogen (secondary N) is 1. The molecule has 1 N–H and O–H groups in total. The minimum absolute atomic E-state index is 0.0871. The molecule has 1 aliphatic rings. The summed E-state index contributed by atoms with van der Waals surface area (Å²) in [6.45, 7) is 8.52. The van der Waals surface area contributed by atoms with Crippen LogP contribution in [0.4, 0.5) is 5.69 Å². The molecule has 2 aromatic rings.